The Morgan fingerprint density at radius 2 is 1.85 bits per heavy atom. The monoisotopic (exact) mass is 188 g/mol. The summed E-state index contributed by atoms with van der Waals surface area (Å²) < 4.78 is 0. The zero-order valence-corrected chi connectivity index (χ0v) is 7.80. The topological polar surface area (TPSA) is 78.4 Å². The van der Waals surface area contributed by atoms with E-state index in [9.17, 15) is 9.59 Å². The number of unbranched alkanes of at least 4 members (excludes halogenated alkanes) is 2. The molecule has 0 aliphatic carbocycles. The Morgan fingerprint density at radius 1 is 1.15 bits per heavy atom. The van der Waals surface area contributed by atoms with Crippen LogP contribution in [-0.2, 0) is 9.59 Å². The van der Waals surface area contributed by atoms with Gasteiger partial charge in [0, 0.05) is 20.2 Å². The van der Waals surface area contributed by atoms with Gasteiger partial charge in [-0.1, -0.05) is 0 Å². The fourth-order valence-corrected chi connectivity index (χ4v) is 0.809. The normalized spacial score (nSPS) is 9.38. The van der Waals surface area contributed by atoms with E-state index in [0.29, 0.717) is 6.54 Å². The summed E-state index contributed by atoms with van der Waals surface area (Å²) in [6.07, 6.45) is 2.36. The third-order valence-corrected chi connectivity index (χ3v) is 1.55. The lowest BCUT2D eigenvalue weighted by molar-refractivity contribution is -0.138. The molecule has 13 heavy (non-hydrogen) atoms. The number of hydrogen-bond donors (Lipinski definition) is 3. The average Bonchev–Trinajstić information content (AvgIpc) is 2.16. The van der Waals surface area contributed by atoms with Gasteiger partial charge in [0.05, 0.1) is 0 Å². The molecule has 0 spiro atoms. The number of amides is 2. The van der Waals surface area contributed by atoms with Gasteiger partial charge in [0.2, 0.25) is 0 Å². The van der Waals surface area contributed by atoms with Crippen LogP contribution in [0.3, 0.4) is 0 Å². The highest BCUT2D eigenvalue weighted by atomic mass is 16.3. The quantitative estimate of drug-likeness (QED) is 0.383. The summed E-state index contributed by atoms with van der Waals surface area (Å²) in [7, 11) is 1.41. The van der Waals surface area contributed by atoms with Crippen molar-refractivity contribution >= 4 is 11.8 Å². The van der Waals surface area contributed by atoms with Crippen molar-refractivity contribution in [2.45, 2.75) is 19.3 Å². The minimum Gasteiger partial charge on any atom is -0.396 e. The maximum Gasteiger partial charge on any atom is 0.309 e. The van der Waals surface area contributed by atoms with Gasteiger partial charge in [-0.3, -0.25) is 9.59 Å². The number of hydrogen-bond acceptors (Lipinski definition) is 3. The van der Waals surface area contributed by atoms with Gasteiger partial charge in [-0.25, -0.2) is 0 Å². The Hall–Kier alpha value is -1.10. The summed E-state index contributed by atoms with van der Waals surface area (Å²) in [6.45, 7) is 0.648. The molecule has 0 rings (SSSR count). The molecule has 0 saturated heterocycles. The highest BCUT2D eigenvalue weighted by Gasteiger charge is 2.08. The number of carbonyl (C=O) groups is 2. The summed E-state index contributed by atoms with van der Waals surface area (Å²) in [4.78, 5) is 21.5. The van der Waals surface area contributed by atoms with Crippen molar-refractivity contribution in [3.05, 3.63) is 0 Å². The SMILES string of the molecule is CNC(=O)C(=O)NCCCCCO. The number of aliphatic hydroxyl groups excluding tert-OH is 1. The van der Waals surface area contributed by atoms with Crippen LogP contribution in [0.5, 0.6) is 0 Å². The molecule has 0 aromatic carbocycles. The van der Waals surface area contributed by atoms with E-state index in [1.54, 1.807) is 0 Å². The second-order valence-electron chi connectivity index (χ2n) is 2.62. The van der Waals surface area contributed by atoms with E-state index in [-0.39, 0.29) is 6.61 Å². The van der Waals surface area contributed by atoms with E-state index >= 15 is 0 Å². The van der Waals surface area contributed by atoms with E-state index in [4.69, 9.17) is 5.11 Å². The van der Waals surface area contributed by atoms with E-state index in [0.717, 1.165) is 19.3 Å². The van der Waals surface area contributed by atoms with Gasteiger partial charge in [-0.15, -0.1) is 0 Å². The summed E-state index contributed by atoms with van der Waals surface area (Å²) >= 11 is 0. The number of rotatable bonds is 5. The minimum atomic E-state index is -0.623. The van der Waals surface area contributed by atoms with Gasteiger partial charge >= 0.3 is 11.8 Å². The zero-order valence-electron chi connectivity index (χ0n) is 7.80. The van der Waals surface area contributed by atoms with E-state index in [1.807, 2.05) is 0 Å². The predicted octanol–water partition coefficient (Wildman–Crippen LogP) is -0.989. The van der Waals surface area contributed by atoms with Crippen molar-refractivity contribution in [1.29, 1.82) is 0 Å². The third kappa shape index (κ3) is 6.10. The Labute approximate surface area is 77.5 Å². The second-order valence-corrected chi connectivity index (χ2v) is 2.62. The molecule has 0 unspecified atom stereocenters. The van der Waals surface area contributed by atoms with E-state index in [1.165, 1.54) is 7.05 Å². The number of nitrogens with one attached hydrogen (secondary N) is 2. The standard InChI is InChI=1S/C8H16N2O3/c1-9-7(12)8(13)10-5-3-2-4-6-11/h11H,2-6H2,1H3,(H,9,12)(H,10,13). The van der Waals surface area contributed by atoms with Gasteiger partial charge in [0.1, 0.15) is 0 Å². The largest absolute Gasteiger partial charge is 0.396 e. The van der Waals surface area contributed by atoms with Crippen LogP contribution in [0, 0.1) is 0 Å². The first-order valence-electron chi connectivity index (χ1n) is 4.33. The van der Waals surface area contributed by atoms with Crippen molar-refractivity contribution in [1.82, 2.24) is 10.6 Å². The van der Waals surface area contributed by atoms with Crippen molar-refractivity contribution in [3.63, 3.8) is 0 Å². The smallest absolute Gasteiger partial charge is 0.309 e. The fourth-order valence-electron chi connectivity index (χ4n) is 0.809. The first kappa shape index (κ1) is 11.9. The predicted molar refractivity (Wildman–Crippen MR) is 48.0 cm³/mol. The Bertz CT molecular complexity index is 171. The molecule has 0 aromatic rings. The molecule has 0 saturated carbocycles. The molecule has 5 nitrogen and oxygen atoms in total. The first-order chi connectivity index (χ1) is 6.22. The molecule has 0 fully saturated rings. The van der Waals surface area contributed by atoms with Crippen molar-refractivity contribution < 1.29 is 14.7 Å². The molecule has 5 heteroatoms. The van der Waals surface area contributed by atoms with Crippen molar-refractivity contribution in [2.75, 3.05) is 20.2 Å². The van der Waals surface area contributed by atoms with Gasteiger partial charge in [-0.2, -0.15) is 0 Å². The van der Waals surface area contributed by atoms with Gasteiger partial charge in [0.15, 0.2) is 0 Å². The number of aliphatic hydroxyl groups is 1. The highest BCUT2D eigenvalue weighted by Crippen LogP contribution is 1.91. The maximum absolute atomic E-state index is 10.8. The summed E-state index contributed by atoms with van der Waals surface area (Å²) in [5, 5.41) is 13.1. The maximum atomic E-state index is 10.8. The molecule has 0 atom stereocenters. The molecule has 0 bridgehead atoms. The van der Waals surface area contributed by atoms with Crippen LogP contribution >= 0.6 is 0 Å². The third-order valence-electron chi connectivity index (χ3n) is 1.55. The van der Waals surface area contributed by atoms with Crippen LogP contribution in [0.15, 0.2) is 0 Å². The van der Waals surface area contributed by atoms with Crippen LogP contribution in [0.4, 0.5) is 0 Å². The minimum absolute atomic E-state index is 0.170. The number of carbonyl (C=O) groups excluding carboxylic acids is 2. The van der Waals surface area contributed by atoms with Crippen molar-refractivity contribution in [2.24, 2.45) is 0 Å². The van der Waals surface area contributed by atoms with E-state index < -0.39 is 11.8 Å². The molecule has 76 valence electrons. The van der Waals surface area contributed by atoms with Gasteiger partial charge < -0.3 is 15.7 Å². The Kier molecular flexibility index (Phi) is 6.91. The van der Waals surface area contributed by atoms with E-state index in [2.05, 4.69) is 10.6 Å². The van der Waals surface area contributed by atoms with Crippen LogP contribution in [0.2, 0.25) is 0 Å². The molecule has 0 radical (unpaired) electrons. The lowest BCUT2D eigenvalue weighted by Crippen LogP contribution is -2.38. The molecule has 0 aromatic heterocycles. The van der Waals surface area contributed by atoms with Gasteiger partial charge in [-0.05, 0) is 19.3 Å². The second kappa shape index (κ2) is 7.54. The number of likely N-dealkylation sites (N-methyl/N-ethyl adjacent to an activating group) is 1. The summed E-state index contributed by atoms with van der Waals surface area (Å²) in [6, 6.07) is 0. The summed E-state index contributed by atoms with van der Waals surface area (Å²) in [5.74, 6) is -1.23. The summed E-state index contributed by atoms with van der Waals surface area (Å²) in [5.41, 5.74) is 0. The van der Waals surface area contributed by atoms with Crippen LogP contribution in [0.1, 0.15) is 19.3 Å². The molecular formula is C8H16N2O3. The molecule has 0 aliphatic heterocycles. The van der Waals surface area contributed by atoms with Gasteiger partial charge in [0.25, 0.3) is 0 Å². The fraction of sp³-hybridized carbons (Fsp3) is 0.750. The van der Waals surface area contributed by atoms with Crippen LogP contribution in [-0.4, -0.2) is 37.1 Å². The zero-order chi connectivity index (χ0) is 10.1. The molecular weight excluding hydrogens is 172 g/mol. The lowest BCUT2D eigenvalue weighted by Gasteiger charge is -2.02. The molecule has 0 heterocycles. The Balaban J connectivity index is 3.32. The first-order valence-corrected chi connectivity index (χ1v) is 4.33. The highest BCUT2D eigenvalue weighted by molar-refractivity contribution is 6.34. The van der Waals surface area contributed by atoms with Crippen LogP contribution < -0.4 is 10.6 Å². The molecule has 0 aliphatic rings. The molecule has 2 amide bonds. The Morgan fingerprint density at radius 3 is 2.38 bits per heavy atom. The van der Waals surface area contributed by atoms with Crippen LogP contribution in [0.25, 0.3) is 0 Å². The van der Waals surface area contributed by atoms with Crippen molar-refractivity contribution in [3.8, 4) is 0 Å². The lowest BCUT2D eigenvalue weighted by atomic mass is 10.2. The average molecular weight is 188 g/mol. The molecule has 3 N–H and O–H groups in total.